The fourth-order valence-electron chi connectivity index (χ4n) is 3.67. The van der Waals surface area contributed by atoms with Crippen LogP contribution in [0.15, 0.2) is 53.5 Å². The van der Waals surface area contributed by atoms with Gasteiger partial charge in [-0.3, -0.25) is 4.99 Å². The summed E-state index contributed by atoms with van der Waals surface area (Å²) in [6, 6.07) is 13.8. The molecule has 0 bridgehead atoms. The Bertz CT molecular complexity index is 927. The van der Waals surface area contributed by atoms with Gasteiger partial charge in [0.25, 0.3) is 0 Å². The molecule has 0 N–H and O–H groups in total. The summed E-state index contributed by atoms with van der Waals surface area (Å²) in [5, 5.41) is 12.8. The lowest BCUT2D eigenvalue weighted by molar-refractivity contribution is -0.906. The van der Waals surface area contributed by atoms with Crippen molar-refractivity contribution in [3.63, 3.8) is 0 Å². The van der Waals surface area contributed by atoms with Crippen molar-refractivity contribution in [1.82, 2.24) is 0 Å². The van der Waals surface area contributed by atoms with Crippen LogP contribution in [-0.4, -0.2) is 56.2 Å². The van der Waals surface area contributed by atoms with E-state index in [1.54, 1.807) is 42.5 Å². The molecule has 0 heterocycles. The molecule has 0 aromatic heterocycles. The van der Waals surface area contributed by atoms with E-state index in [9.17, 15) is 9.90 Å². The molecule has 0 unspecified atom stereocenters. The molecule has 0 aliphatic carbocycles. The van der Waals surface area contributed by atoms with Crippen molar-refractivity contribution in [3.8, 4) is 5.75 Å². The van der Waals surface area contributed by atoms with Crippen molar-refractivity contribution in [2.45, 2.75) is 59.3 Å². The van der Waals surface area contributed by atoms with Crippen molar-refractivity contribution in [1.29, 1.82) is 0 Å². The third-order valence-corrected chi connectivity index (χ3v) is 6.60. The fraction of sp³-hybridized carbons (Fsp3) is 0.517. The van der Waals surface area contributed by atoms with Crippen LogP contribution in [0.5, 0.6) is 5.75 Å². The number of hydrogen-bond acceptors (Lipinski definition) is 5. The smallest absolute Gasteiger partial charge is 0.338 e. The number of likely N-dealkylation sites (N-methyl/N-ethyl adjacent to an activating group) is 1. The van der Waals surface area contributed by atoms with E-state index in [1.807, 2.05) is 6.07 Å². The quantitative estimate of drug-likeness (QED) is 0.0573. The predicted octanol–water partition coefficient (Wildman–Crippen LogP) is 6.13. The molecule has 0 aliphatic rings. The Kier molecular flexibility index (Phi) is 15.4. The van der Waals surface area contributed by atoms with Crippen LogP contribution in [0.2, 0.25) is 0 Å². The molecule has 0 saturated heterocycles. The molecule has 0 fully saturated rings. The van der Waals surface area contributed by atoms with Crippen LogP contribution >= 0.6 is 24.0 Å². The molecule has 0 saturated carbocycles. The van der Waals surface area contributed by atoms with Gasteiger partial charge in [0, 0.05) is 5.56 Å². The second-order valence-corrected chi connectivity index (χ2v) is 9.19. The Morgan fingerprint density at radius 1 is 0.889 bits per heavy atom. The van der Waals surface area contributed by atoms with Crippen LogP contribution in [-0.2, 0) is 4.74 Å². The van der Waals surface area contributed by atoms with Crippen LogP contribution in [0.4, 0.5) is 5.69 Å². The second-order valence-electron chi connectivity index (χ2n) is 9.19. The molecule has 2 aromatic rings. The number of quaternary nitrogens is 1. The Morgan fingerprint density at radius 2 is 1.53 bits per heavy atom. The highest BCUT2D eigenvalue weighted by Gasteiger charge is 2.17. The van der Waals surface area contributed by atoms with Crippen LogP contribution in [0, 0.1) is 0 Å². The number of hydrogen-bond donors (Lipinski definition) is 0. The highest BCUT2D eigenvalue weighted by Crippen LogP contribution is 2.21. The van der Waals surface area contributed by atoms with Gasteiger partial charge in [0.05, 0.1) is 38.0 Å². The zero-order valence-corrected chi connectivity index (χ0v) is 24.7. The number of ether oxygens (including phenoxy) is 2. The van der Waals surface area contributed by atoms with E-state index in [-0.39, 0.29) is 35.8 Å². The maximum absolute atomic E-state index is 12.8. The molecular formula is C29H43IN2O4. The summed E-state index contributed by atoms with van der Waals surface area (Å²) < 4.78 is 12.2. The minimum absolute atomic E-state index is 0. The van der Waals surface area contributed by atoms with Crippen LogP contribution < -0.4 is 9.84 Å². The van der Waals surface area contributed by atoms with Gasteiger partial charge in [-0.1, -0.05) is 57.2 Å². The van der Waals surface area contributed by atoms with Crippen molar-refractivity contribution < 1.29 is 23.9 Å². The van der Waals surface area contributed by atoms with Crippen LogP contribution in [0.3, 0.4) is 0 Å². The summed E-state index contributed by atoms with van der Waals surface area (Å²) in [6.45, 7) is 10.2. The molecule has 2 aromatic carbocycles. The third-order valence-electron chi connectivity index (χ3n) is 6.60. The van der Waals surface area contributed by atoms with Gasteiger partial charge in [0.1, 0.15) is 18.9 Å². The number of nitrogens with zero attached hydrogens (tertiary/aromatic N) is 2. The SMILES string of the molecule is CCCCCCCCOc1ccccc1C([O-])=Nc1ccc(C(=O)OCC[N+](C)(CC)CC)cc1.I. The Labute approximate surface area is 234 Å². The topological polar surface area (TPSA) is 71.0 Å². The third kappa shape index (κ3) is 10.9. The first kappa shape index (κ1) is 31.9. The van der Waals surface area contributed by atoms with Gasteiger partial charge in [-0.05, 0) is 56.5 Å². The molecule has 2 rings (SSSR count). The van der Waals surface area contributed by atoms with Gasteiger partial charge >= 0.3 is 5.97 Å². The average molecular weight is 611 g/mol. The summed E-state index contributed by atoms with van der Waals surface area (Å²) in [5.41, 5.74) is 1.37. The molecule has 7 heteroatoms. The van der Waals surface area contributed by atoms with Gasteiger partial charge in [-0.25, -0.2) is 4.79 Å². The van der Waals surface area contributed by atoms with E-state index in [4.69, 9.17) is 9.47 Å². The Hall–Kier alpha value is -2.13. The lowest BCUT2D eigenvalue weighted by Crippen LogP contribution is -2.46. The van der Waals surface area contributed by atoms with Crippen molar-refractivity contribution in [2.75, 3.05) is 39.9 Å². The van der Waals surface area contributed by atoms with Gasteiger partial charge in [0.2, 0.25) is 0 Å². The molecular weight excluding hydrogens is 567 g/mol. The number of esters is 1. The van der Waals surface area contributed by atoms with Gasteiger partial charge in [-0.2, -0.15) is 0 Å². The number of carbonyl (C=O) groups excluding carboxylic acids is 1. The zero-order chi connectivity index (χ0) is 25.5. The maximum Gasteiger partial charge on any atom is 0.338 e. The van der Waals surface area contributed by atoms with Gasteiger partial charge in [0.15, 0.2) is 0 Å². The molecule has 0 spiro atoms. The average Bonchev–Trinajstić information content (AvgIpc) is 2.88. The van der Waals surface area contributed by atoms with Crippen molar-refractivity contribution in [3.05, 3.63) is 59.7 Å². The van der Waals surface area contributed by atoms with E-state index in [1.165, 1.54) is 25.7 Å². The zero-order valence-electron chi connectivity index (χ0n) is 22.3. The maximum atomic E-state index is 12.8. The first-order chi connectivity index (χ1) is 16.9. The fourth-order valence-corrected chi connectivity index (χ4v) is 3.67. The normalized spacial score (nSPS) is 11.6. The second kappa shape index (κ2) is 17.3. The minimum atomic E-state index is -0.366. The number of para-hydroxylation sites is 1. The molecule has 6 nitrogen and oxygen atoms in total. The number of carbonyl (C=O) groups is 1. The molecule has 200 valence electrons. The first-order valence-corrected chi connectivity index (χ1v) is 13.0. The van der Waals surface area contributed by atoms with E-state index in [2.05, 4.69) is 32.8 Å². The van der Waals surface area contributed by atoms with E-state index >= 15 is 0 Å². The van der Waals surface area contributed by atoms with Crippen molar-refractivity contribution >= 4 is 41.5 Å². The Morgan fingerprint density at radius 3 is 2.19 bits per heavy atom. The monoisotopic (exact) mass is 610 g/mol. The standard InChI is InChI=1S/C29H42N2O4.HI/c1-5-8-9-10-11-14-22-34-27-16-13-12-15-26(27)28(32)30-25-19-17-24(18-20-25)29(33)35-23-21-31(4,6-2)7-3;/h12-13,15-20H,5-11,14,21-23H2,1-4H3;1H. The summed E-state index contributed by atoms with van der Waals surface area (Å²) >= 11 is 0. The summed E-state index contributed by atoms with van der Waals surface area (Å²) in [4.78, 5) is 16.6. The van der Waals surface area contributed by atoms with Crippen molar-refractivity contribution in [2.24, 2.45) is 4.99 Å². The number of benzene rings is 2. The minimum Gasteiger partial charge on any atom is -0.858 e. The predicted molar refractivity (Wildman–Crippen MR) is 156 cm³/mol. The number of aliphatic imine (C=N–C) groups is 1. The van der Waals surface area contributed by atoms with Crippen LogP contribution in [0.1, 0.15) is 75.2 Å². The number of rotatable bonds is 16. The molecule has 0 radical (unpaired) electrons. The summed E-state index contributed by atoms with van der Waals surface area (Å²) in [6.07, 6.45) is 7.09. The Balaban J connectivity index is 0.00000648. The number of unbranched alkanes of at least 4 members (excludes halogenated alkanes) is 5. The largest absolute Gasteiger partial charge is 0.858 e. The van der Waals surface area contributed by atoms with E-state index in [0.717, 1.165) is 37.0 Å². The number of halogens is 1. The van der Waals surface area contributed by atoms with Crippen LogP contribution in [0.25, 0.3) is 0 Å². The lowest BCUT2D eigenvalue weighted by Gasteiger charge is -2.31. The highest BCUT2D eigenvalue weighted by molar-refractivity contribution is 14.0. The van der Waals surface area contributed by atoms with Gasteiger partial charge in [-0.15, -0.1) is 24.0 Å². The molecule has 0 atom stereocenters. The molecule has 0 amide bonds. The lowest BCUT2D eigenvalue weighted by atomic mass is 10.1. The summed E-state index contributed by atoms with van der Waals surface area (Å²) in [7, 11) is 2.15. The summed E-state index contributed by atoms with van der Waals surface area (Å²) in [5.74, 6) is -0.176. The van der Waals surface area contributed by atoms with E-state index < -0.39 is 0 Å². The van der Waals surface area contributed by atoms with E-state index in [0.29, 0.717) is 35.8 Å². The molecule has 0 aliphatic heterocycles. The van der Waals surface area contributed by atoms with Gasteiger partial charge < -0.3 is 19.1 Å². The molecule has 36 heavy (non-hydrogen) atoms. The highest BCUT2D eigenvalue weighted by atomic mass is 127. The first-order valence-electron chi connectivity index (χ1n) is 13.0.